The van der Waals surface area contributed by atoms with E-state index in [0.29, 0.717) is 24.7 Å². The fourth-order valence-electron chi connectivity index (χ4n) is 5.95. The number of amides is 1. The van der Waals surface area contributed by atoms with Crippen molar-refractivity contribution in [1.29, 1.82) is 0 Å². The molecule has 0 radical (unpaired) electrons. The Hall–Kier alpha value is -1.06. The number of carbonyl (C=O) groups is 1. The van der Waals surface area contributed by atoms with Gasteiger partial charge in [0, 0.05) is 17.2 Å². The van der Waals surface area contributed by atoms with Crippen LogP contribution in [0.3, 0.4) is 0 Å². The van der Waals surface area contributed by atoms with Crippen molar-refractivity contribution in [3.05, 3.63) is 35.9 Å². The number of carbonyl (C=O) groups excluding carboxylic acids is 1. The van der Waals surface area contributed by atoms with Crippen molar-refractivity contribution in [3.63, 3.8) is 0 Å². The summed E-state index contributed by atoms with van der Waals surface area (Å²) in [5.74, 6) is 1.02. The zero-order valence-corrected chi connectivity index (χ0v) is 14.9. The molecule has 1 amide bonds. The molecule has 5 rings (SSSR count). The molecule has 6 atom stereocenters. The van der Waals surface area contributed by atoms with Crippen molar-refractivity contribution in [1.82, 2.24) is 5.32 Å². The van der Waals surface area contributed by atoms with Gasteiger partial charge in [-0.25, -0.2) is 0 Å². The average Bonchev–Trinajstić information content (AvgIpc) is 2.51. The van der Waals surface area contributed by atoms with Crippen LogP contribution in [-0.4, -0.2) is 21.5 Å². The summed E-state index contributed by atoms with van der Waals surface area (Å²) in [7, 11) is 0. The lowest BCUT2D eigenvalue weighted by Gasteiger charge is -2.63. The van der Waals surface area contributed by atoms with Crippen LogP contribution >= 0.6 is 11.6 Å². The first-order valence-electron chi connectivity index (χ1n) is 9.18. The molecule has 0 aliphatic heterocycles. The molecule has 4 heteroatoms. The van der Waals surface area contributed by atoms with E-state index in [1.165, 1.54) is 0 Å². The van der Waals surface area contributed by atoms with Gasteiger partial charge in [-0.1, -0.05) is 37.3 Å². The summed E-state index contributed by atoms with van der Waals surface area (Å²) >= 11 is 6.82. The van der Waals surface area contributed by atoms with Gasteiger partial charge in [-0.05, 0) is 49.5 Å². The Balaban J connectivity index is 1.71. The molecule has 4 bridgehead atoms. The summed E-state index contributed by atoms with van der Waals surface area (Å²) in [6.07, 6.45) is 5.08. The molecular formula is C20H26ClNO2. The van der Waals surface area contributed by atoms with Crippen molar-refractivity contribution in [2.45, 2.75) is 62.0 Å². The SMILES string of the molecule is CCC(=O)N[C@@H](c1ccccc1)[C@H]1C2C[C@H]3C[C@](Cl)(C2)C[C@@]1(O)C3. The number of alkyl halides is 1. The number of nitrogens with one attached hydrogen (secondary N) is 1. The van der Waals surface area contributed by atoms with E-state index in [2.05, 4.69) is 17.4 Å². The standard InChI is InChI=1S/C20H26ClNO2/c1-2-16(23)22-18(14-6-4-3-5-7-14)17-15-8-13-9-19(21,11-15)12-20(17,24)10-13/h3-7,13,15,17-18,24H,2,8-12H2,1H3,(H,22,23)/t13-,15?,17+,18-,19-,20-/m0/s1. The largest absolute Gasteiger partial charge is 0.389 e. The van der Waals surface area contributed by atoms with Crippen LogP contribution in [0.25, 0.3) is 0 Å². The number of hydrogen-bond donors (Lipinski definition) is 2. The van der Waals surface area contributed by atoms with Gasteiger partial charge in [0.2, 0.25) is 5.91 Å². The topological polar surface area (TPSA) is 49.3 Å². The predicted molar refractivity (Wildman–Crippen MR) is 94.7 cm³/mol. The maximum absolute atomic E-state index is 12.2. The Morgan fingerprint density at radius 3 is 2.71 bits per heavy atom. The molecule has 4 aliphatic carbocycles. The van der Waals surface area contributed by atoms with Gasteiger partial charge in [0.1, 0.15) is 0 Å². The minimum absolute atomic E-state index is 0.0434. The molecule has 1 aromatic carbocycles. The second-order valence-corrected chi connectivity index (χ2v) is 9.04. The molecule has 2 N–H and O–H groups in total. The Kier molecular flexibility index (Phi) is 3.92. The molecule has 0 heterocycles. The number of hydrogen-bond acceptors (Lipinski definition) is 2. The highest BCUT2D eigenvalue weighted by Crippen LogP contribution is 2.64. The second kappa shape index (κ2) is 5.74. The average molecular weight is 348 g/mol. The van der Waals surface area contributed by atoms with E-state index >= 15 is 0 Å². The molecule has 1 unspecified atom stereocenters. The highest BCUT2D eigenvalue weighted by molar-refractivity contribution is 6.24. The third-order valence-corrected chi connectivity index (χ3v) is 6.91. The third-order valence-electron chi connectivity index (χ3n) is 6.47. The Morgan fingerprint density at radius 1 is 1.33 bits per heavy atom. The van der Waals surface area contributed by atoms with Crippen LogP contribution in [0, 0.1) is 17.8 Å². The first-order valence-corrected chi connectivity index (χ1v) is 9.56. The van der Waals surface area contributed by atoms with Crippen molar-refractivity contribution in [3.8, 4) is 0 Å². The van der Waals surface area contributed by atoms with Crippen molar-refractivity contribution >= 4 is 17.5 Å². The summed E-state index contributed by atoms with van der Waals surface area (Å²) in [6, 6.07) is 9.99. The van der Waals surface area contributed by atoms with Gasteiger partial charge in [0.05, 0.1) is 11.6 Å². The van der Waals surface area contributed by atoms with Gasteiger partial charge >= 0.3 is 0 Å². The highest BCUT2D eigenvalue weighted by atomic mass is 35.5. The molecule has 3 nitrogen and oxygen atoms in total. The lowest BCUT2D eigenvalue weighted by atomic mass is 9.47. The van der Waals surface area contributed by atoms with Gasteiger partial charge in [-0.2, -0.15) is 0 Å². The molecule has 0 saturated heterocycles. The summed E-state index contributed by atoms with van der Waals surface area (Å²) in [6.45, 7) is 1.87. The second-order valence-electron chi connectivity index (χ2n) is 8.24. The maximum Gasteiger partial charge on any atom is 0.220 e. The Bertz CT molecular complexity index is 636. The van der Waals surface area contributed by atoms with Crippen molar-refractivity contribution < 1.29 is 9.90 Å². The van der Waals surface area contributed by atoms with Crippen LogP contribution in [-0.2, 0) is 4.79 Å². The maximum atomic E-state index is 12.2. The molecule has 0 spiro atoms. The number of benzene rings is 1. The molecule has 4 saturated carbocycles. The molecule has 4 fully saturated rings. The summed E-state index contributed by atoms with van der Waals surface area (Å²) < 4.78 is 0. The lowest BCUT2D eigenvalue weighted by molar-refractivity contribution is -0.175. The van der Waals surface area contributed by atoms with Crippen molar-refractivity contribution in [2.75, 3.05) is 0 Å². The van der Waals surface area contributed by atoms with Crippen LogP contribution in [0.1, 0.15) is 57.1 Å². The fraction of sp³-hybridized carbons (Fsp3) is 0.650. The predicted octanol–water partition coefficient (Wildman–Crippen LogP) is 3.80. The minimum Gasteiger partial charge on any atom is -0.389 e. The van der Waals surface area contributed by atoms with Crippen LogP contribution in [0.4, 0.5) is 0 Å². The summed E-state index contributed by atoms with van der Waals surface area (Å²) in [5.41, 5.74) is 0.335. The number of rotatable bonds is 4. The monoisotopic (exact) mass is 347 g/mol. The van der Waals surface area contributed by atoms with E-state index in [0.717, 1.165) is 31.2 Å². The van der Waals surface area contributed by atoms with E-state index in [1.807, 2.05) is 25.1 Å². The van der Waals surface area contributed by atoms with Gasteiger partial charge in [-0.15, -0.1) is 11.6 Å². The van der Waals surface area contributed by atoms with Gasteiger partial charge in [0.15, 0.2) is 0 Å². The van der Waals surface area contributed by atoms with E-state index < -0.39 is 5.60 Å². The Morgan fingerprint density at radius 2 is 2.08 bits per heavy atom. The highest BCUT2D eigenvalue weighted by Gasteiger charge is 2.63. The van der Waals surface area contributed by atoms with Crippen LogP contribution in [0.2, 0.25) is 0 Å². The lowest BCUT2D eigenvalue weighted by Crippen LogP contribution is -2.64. The van der Waals surface area contributed by atoms with Crippen LogP contribution in [0.15, 0.2) is 30.3 Å². The normalized spacial score (nSPS) is 41.2. The van der Waals surface area contributed by atoms with Gasteiger partial charge in [0.25, 0.3) is 0 Å². The summed E-state index contributed by atoms with van der Waals surface area (Å²) in [4.78, 5) is 12.0. The van der Waals surface area contributed by atoms with Crippen molar-refractivity contribution in [2.24, 2.45) is 17.8 Å². The molecule has 24 heavy (non-hydrogen) atoms. The molecule has 0 aromatic heterocycles. The van der Waals surface area contributed by atoms with Gasteiger partial charge < -0.3 is 10.4 Å². The molecular weight excluding hydrogens is 322 g/mol. The third kappa shape index (κ3) is 2.66. The minimum atomic E-state index is -0.757. The molecule has 130 valence electrons. The summed E-state index contributed by atoms with van der Waals surface area (Å²) in [5, 5.41) is 14.7. The van der Waals surface area contributed by atoms with Gasteiger partial charge in [-0.3, -0.25) is 4.79 Å². The smallest absolute Gasteiger partial charge is 0.220 e. The van der Waals surface area contributed by atoms with E-state index in [-0.39, 0.29) is 22.7 Å². The van der Waals surface area contributed by atoms with E-state index in [1.54, 1.807) is 0 Å². The number of halogens is 1. The first kappa shape index (κ1) is 16.4. The first-order chi connectivity index (χ1) is 11.4. The Labute approximate surface area is 148 Å². The fourth-order valence-corrected chi connectivity index (χ4v) is 6.60. The quantitative estimate of drug-likeness (QED) is 0.814. The van der Waals surface area contributed by atoms with Crippen LogP contribution in [0.5, 0.6) is 0 Å². The molecule has 1 aromatic rings. The molecule has 4 aliphatic rings. The van der Waals surface area contributed by atoms with E-state index in [9.17, 15) is 9.90 Å². The van der Waals surface area contributed by atoms with Crippen LogP contribution < -0.4 is 5.32 Å². The zero-order valence-electron chi connectivity index (χ0n) is 14.2. The number of aliphatic hydroxyl groups is 1. The zero-order chi connectivity index (χ0) is 16.9. The van der Waals surface area contributed by atoms with E-state index in [4.69, 9.17) is 11.6 Å².